The van der Waals surface area contributed by atoms with Crippen molar-refractivity contribution in [2.75, 3.05) is 7.11 Å². The molecule has 0 unspecified atom stereocenters. The molecule has 1 heterocycles. The largest absolute Gasteiger partial charge is 0.489 e. The first-order valence-electron chi connectivity index (χ1n) is 13.0. The van der Waals surface area contributed by atoms with E-state index in [-0.39, 0.29) is 18.5 Å². The Kier molecular flexibility index (Phi) is 7.30. The number of methoxy groups -OCH3 is 1. The Labute approximate surface area is 246 Å². The number of halogens is 3. The molecule has 6 nitrogen and oxygen atoms in total. The summed E-state index contributed by atoms with van der Waals surface area (Å²) in [7, 11) is 1.36. The first-order chi connectivity index (χ1) is 19.3. The fourth-order valence-corrected chi connectivity index (χ4v) is 6.34. The van der Waals surface area contributed by atoms with Gasteiger partial charge in [-0.3, -0.25) is 0 Å². The monoisotopic (exact) mass is 597 g/mol. The number of nitrogens with zero attached hydrogens (tertiary/aromatic N) is 1. The molecule has 2 saturated carbocycles. The number of aliphatic hydroxyl groups is 1. The highest BCUT2D eigenvalue weighted by Crippen LogP contribution is 2.53. The summed E-state index contributed by atoms with van der Waals surface area (Å²) in [5.41, 5.74) is 3.06. The lowest BCUT2D eigenvalue weighted by Crippen LogP contribution is -2.40. The van der Waals surface area contributed by atoms with Gasteiger partial charge in [0.2, 0.25) is 0 Å². The van der Waals surface area contributed by atoms with Crippen molar-refractivity contribution in [2.24, 2.45) is 0 Å². The summed E-state index contributed by atoms with van der Waals surface area (Å²) in [6.45, 7) is 0.199. The fraction of sp³-hybridized carbons (Fsp3) is 0.290. The second kappa shape index (κ2) is 10.7. The van der Waals surface area contributed by atoms with Gasteiger partial charge >= 0.3 is 5.97 Å². The third-order valence-electron chi connectivity index (χ3n) is 7.74. The van der Waals surface area contributed by atoms with E-state index in [0.29, 0.717) is 62.0 Å². The highest BCUT2D eigenvalue weighted by molar-refractivity contribution is 6.39. The summed E-state index contributed by atoms with van der Waals surface area (Å²) < 4.78 is 16.7. The minimum atomic E-state index is -1.07. The van der Waals surface area contributed by atoms with E-state index in [1.807, 2.05) is 18.2 Å². The van der Waals surface area contributed by atoms with E-state index in [4.69, 9.17) is 48.8 Å². The third kappa shape index (κ3) is 5.10. The summed E-state index contributed by atoms with van der Waals surface area (Å²) >= 11 is 19.6. The molecule has 2 aliphatic carbocycles. The van der Waals surface area contributed by atoms with Crippen LogP contribution in [0.5, 0.6) is 5.75 Å². The molecule has 3 aromatic carbocycles. The van der Waals surface area contributed by atoms with Crippen LogP contribution in [0.2, 0.25) is 15.1 Å². The van der Waals surface area contributed by atoms with Gasteiger partial charge in [0.25, 0.3) is 0 Å². The second-order valence-corrected chi connectivity index (χ2v) is 11.7. The smallest absolute Gasteiger partial charge is 0.337 e. The topological polar surface area (TPSA) is 81.8 Å². The average Bonchev–Trinajstić information content (AvgIpc) is 3.69. The molecule has 6 rings (SSSR count). The lowest BCUT2D eigenvalue weighted by molar-refractivity contribution is -0.0549. The van der Waals surface area contributed by atoms with E-state index < -0.39 is 5.60 Å². The van der Waals surface area contributed by atoms with E-state index in [9.17, 15) is 9.90 Å². The molecule has 1 aromatic heterocycles. The van der Waals surface area contributed by atoms with Crippen LogP contribution in [0.25, 0.3) is 11.3 Å². The summed E-state index contributed by atoms with van der Waals surface area (Å²) in [4.78, 5) is 11.9. The molecule has 1 N–H and O–H groups in total. The summed E-state index contributed by atoms with van der Waals surface area (Å²) in [6, 6.07) is 18.0. The summed E-state index contributed by atoms with van der Waals surface area (Å²) in [5.74, 6) is 1.37. The molecular weight excluding hydrogens is 573 g/mol. The number of carbonyl (C=O) groups is 1. The van der Waals surface area contributed by atoms with Crippen LogP contribution in [0.1, 0.15) is 70.3 Å². The summed E-state index contributed by atoms with van der Waals surface area (Å²) in [5, 5.41) is 17.0. The molecule has 0 amide bonds. The maximum Gasteiger partial charge on any atom is 0.337 e. The SMILES string of the molecule is COC(=O)c1cccc(C2CC(O)(c3ccc(OCc4c(-c5c(Cl)cccc5Cl)noc4C4CC4)cc3Cl)C2)c1. The van der Waals surface area contributed by atoms with Gasteiger partial charge in [-0.1, -0.05) is 64.2 Å². The lowest BCUT2D eigenvalue weighted by atomic mass is 9.65. The van der Waals surface area contributed by atoms with E-state index in [0.717, 1.165) is 29.7 Å². The molecular formula is C31H26Cl3NO5. The van der Waals surface area contributed by atoms with Gasteiger partial charge in [0.1, 0.15) is 23.8 Å². The molecule has 0 atom stereocenters. The molecule has 2 fully saturated rings. The molecule has 0 bridgehead atoms. The van der Waals surface area contributed by atoms with Gasteiger partial charge in [-0.25, -0.2) is 4.79 Å². The average molecular weight is 599 g/mol. The van der Waals surface area contributed by atoms with Crippen LogP contribution in [-0.4, -0.2) is 23.3 Å². The Hall–Kier alpha value is -3.03. The Morgan fingerprint density at radius 3 is 2.40 bits per heavy atom. The van der Waals surface area contributed by atoms with Crippen molar-refractivity contribution in [1.82, 2.24) is 5.16 Å². The molecule has 0 spiro atoms. The zero-order chi connectivity index (χ0) is 28.0. The van der Waals surface area contributed by atoms with Crippen molar-refractivity contribution in [2.45, 2.75) is 49.7 Å². The summed E-state index contributed by atoms with van der Waals surface area (Å²) in [6.07, 6.45) is 3.05. The minimum absolute atomic E-state index is 0.103. The first kappa shape index (κ1) is 27.2. The van der Waals surface area contributed by atoms with Gasteiger partial charge in [-0.2, -0.15) is 0 Å². The zero-order valence-electron chi connectivity index (χ0n) is 21.6. The normalized spacial score (nSPS) is 20.2. The standard InChI is InChI=1S/C31H26Cl3NO5/c1-38-30(36)19-5-2-4-18(12-19)20-14-31(37,15-20)23-11-10-21(13-26(23)34)39-16-22-28(35-40-29(22)17-8-9-17)27-24(32)6-3-7-25(27)33/h2-7,10-13,17,20,37H,8-9,14-16H2,1H3. The lowest BCUT2D eigenvalue weighted by Gasteiger charge is -2.44. The van der Waals surface area contributed by atoms with Crippen molar-refractivity contribution >= 4 is 40.8 Å². The maximum atomic E-state index is 11.9. The van der Waals surface area contributed by atoms with E-state index >= 15 is 0 Å². The second-order valence-electron chi connectivity index (χ2n) is 10.4. The Bertz CT molecular complexity index is 1570. The van der Waals surface area contributed by atoms with Gasteiger partial charge in [-0.05, 0) is 73.6 Å². The molecule has 40 heavy (non-hydrogen) atoms. The van der Waals surface area contributed by atoms with Gasteiger partial charge in [0.05, 0.1) is 38.9 Å². The highest BCUT2D eigenvalue weighted by Gasteiger charge is 2.45. The quantitative estimate of drug-likeness (QED) is 0.205. The van der Waals surface area contributed by atoms with Crippen molar-refractivity contribution in [3.05, 3.63) is 104 Å². The number of benzene rings is 3. The predicted molar refractivity (Wildman–Crippen MR) is 153 cm³/mol. The number of hydrogen-bond acceptors (Lipinski definition) is 6. The van der Waals surface area contributed by atoms with Crippen molar-refractivity contribution in [3.8, 4) is 17.0 Å². The number of carbonyl (C=O) groups excluding carboxylic acids is 1. The van der Waals surface area contributed by atoms with Gasteiger partial charge in [-0.15, -0.1) is 0 Å². The van der Waals surface area contributed by atoms with Crippen molar-refractivity contribution in [1.29, 1.82) is 0 Å². The Morgan fingerprint density at radius 2 is 1.73 bits per heavy atom. The van der Waals surface area contributed by atoms with Crippen LogP contribution in [0.15, 0.2) is 65.2 Å². The van der Waals surface area contributed by atoms with Crippen LogP contribution in [0, 0.1) is 0 Å². The number of aromatic nitrogens is 1. The number of rotatable bonds is 8. The fourth-order valence-electron chi connectivity index (χ4n) is 5.42. The van der Waals surface area contributed by atoms with E-state index in [2.05, 4.69) is 5.16 Å². The van der Waals surface area contributed by atoms with Crippen molar-refractivity contribution in [3.63, 3.8) is 0 Å². The molecule has 9 heteroatoms. The van der Waals surface area contributed by atoms with Crippen LogP contribution in [0.3, 0.4) is 0 Å². The van der Waals surface area contributed by atoms with Gasteiger partial charge in [0.15, 0.2) is 0 Å². The van der Waals surface area contributed by atoms with Gasteiger partial charge < -0.3 is 19.1 Å². The highest BCUT2D eigenvalue weighted by atomic mass is 35.5. The minimum Gasteiger partial charge on any atom is -0.489 e. The van der Waals surface area contributed by atoms with Gasteiger partial charge in [0, 0.05) is 17.0 Å². The van der Waals surface area contributed by atoms with Crippen LogP contribution in [-0.2, 0) is 16.9 Å². The number of hydrogen-bond donors (Lipinski definition) is 1. The maximum absolute atomic E-state index is 11.9. The molecule has 0 saturated heterocycles. The third-order valence-corrected chi connectivity index (χ3v) is 8.68. The number of esters is 1. The first-order valence-corrected chi connectivity index (χ1v) is 14.2. The van der Waals surface area contributed by atoms with Crippen LogP contribution >= 0.6 is 34.8 Å². The van der Waals surface area contributed by atoms with Crippen molar-refractivity contribution < 1.29 is 23.9 Å². The Balaban J connectivity index is 1.18. The molecule has 0 radical (unpaired) electrons. The van der Waals surface area contributed by atoms with E-state index in [1.54, 1.807) is 42.5 Å². The van der Waals surface area contributed by atoms with Crippen LogP contribution < -0.4 is 4.74 Å². The van der Waals surface area contributed by atoms with E-state index in [1.165, 1.54) is 7.11 Å². The molecule has 4 aromatic rings. The Morgan fingerprint density at radius 1 is 1.00 bits per heavy atom. The number of ether oxygens (including phenoxy) is 2. The zero-order valence-corrected chi connectivity index (χ0v) is 23.9. The molecule has 2 aliphatic rings. The predicted octanol–water partition coefficient (Wildman–Crippen LogP) is 8.31. The van der Waals surface area contributed by atoms with Crippen LogP contribution in [0.4, 0.5) is 0 Å². The molecule has 206 valence electrons. The molecule has 0 aliphatic heterocycles.